The Balaban J connectivity index is 1.60. The highest BCUT2D eigenvalue weighted by molar-refractivity contribution is 5.99. The Morgan fingerprint density at radius 2 is 1.42 bits per heavy atom. The summed E-state index contributed by atoms with van der Waals surface area (Å²) in [6.07, 6.45) is -1.01. The maximum atomic E-state index is 12.9. The van der Waals surface area contributed by atoms with Gasteiger partial charge in [-0.3, -0.25) is 4.79 Å². The van der Waals surface area contributed by atoms with Crippen LogP contribution in [0.1, 0.15) is 33.2 Å². The highest BCUT2D eigenvalue weighted by atomic mass is 16.4. The number of aliphatic hydroxyl groups is 1. The molecule has 154 valence electrons. The monoisotopic (exact) mass is 411 g/mol. The summed E-state index contributed by atoms with van der Waals surface area (Å²) in [7, 11) is 0. The summed E-state index contributed by atoms with van der Waals surface area (Å²) in [5.41, 5.74) is 2.69. The van der Waals surface area contributed by atoms with Crippen molar-refractivity contribution in [1.29, 1.82) is 0 Å². The van der Waals surface area contributed by atoms with Gasteiger partial charge in [0.2, 0.25) is 0 Å². The summed E-state index contributed by atoms with van der Waals surface area (Å²) in [4.78, 5) is 24.4. The number of anilines is 1. The van der Waals surface area contributed by atoms with Crippen LogP contribution in [0.4, 0.5) is 5.69 Å². The maximum absolute atomic E-state index is 12.9. The largest absolute Gasteiger partial charge is 0.478 e. The first-order valence-electron chi connectivity index (χ1n) is 9.90. The molecule has 0 aliphatic rings. The van der Waals surface area contributed by atoms with E-state index in [2.05, 4.69) is 5.32 Å². The molecule has 0 saturated heterocycles. The van der Waals surface area contributed by atoms with Crippen LogP contribution in [0.2, 0.25) is 0 Å². The van der Waals surface area contributed by atoms with Gasteiger partial charge in [-0.05, 0) is 39.6 Å². The number of hydrogen-bond donors (Lipinski definition) is 3. The predicted octanol–water partition coefficient (Wildman–Crippen LogP) is 4.80. The molecule has 0 heterocycles. The van der Waals surface area contributed by atoms with Gasteiger partial charge in [0.25, 0.3) is 5.91 Å². The number of aliphatic hydroxyl groups excluding tert-OH is 1. The number of amides is 1. The van der Waals surface area contributed by atoms with Crippen LogP contribution in [0.15, 0.2) is 91.0 Å². The van der Waals surface area contributed by atoms with Crippen LogP contribution in [-0.2, 0) is 11.2 Å². The van der Waals surface area contributed by atoms with Gasteiger partial charge in [-0.1, -0.05) is 78.9 Å². The van der Waals surface area contributed by atoms with Gasteiger partial charge in [0.1, 0.15) is 0 Å². The molecule has 3 N–H and O–H groups in total. The van der Waals surface area contributed by atoms with Crippen molar-refractivity contribution in [3.8, 4) is 0 Å². The number of carboxylic acid groups (broad SMARTS) is 1. The van der Waals surface area contributed by atoms with Crippen molar-refractivity contribution < 1.29 is 19.8 Å². The third-order valence-corrected chi connectivity index (χ3v) is 5.27. The Morgan fingerprint density at radius 1 is 0.774 bits per heavy atom. The second kappa shape index (κ2) is 8.81. The first-order chi connectivity index (χ1) is 15.0. The number of carbonyl (C=O) groups is 2. The first kappa shape index (κ1) is 20.3. The van der Waals surface area contributed by atoms with Crippen molar-refractivity contribution in [1.82, 2.24) is 0 Å². The number of fused-ring (bicyclic) bond motifs is 1. The SMILES string of the molecule is O=C(O)c1ccccc1Cc1ccccc1NC(=O)C(O)c1cccc2ccccc12. The number of carboxylic acids is 1. The smallest absolute Gasteiger partial charge is 0.335 e. The number of para-hydroxylation sites is 1. The zero-order valence-corrected chi connectivity index (χ0v) is 16.7. The van der Waals surface area contributed by atoms with Crippen LogP contribution in [0.3, 0.4) is 0 Å². The molecule has 4 rings (SSSR count). The molecule has 0 saturated carbocycles. The fourth-order valence-corrected chi connectivity index (χ4v) is 3.72. The fourth-order valence-electron chi connectivity index (χ4n) is 3.72. The Morgan fingerprint density at radius 3 is 2.23 bits per heavy atom. The van der Waals surface area contributed by atoms with Gasteiger partial charge >= 0.3 is 5.97 Å². The lowest BCUT2D eigenvalue weighted by atomic mass is 9.98. The van der Waals surface area contributed by atoms with Crippen LogP contribution >= 0.6 is 0 Å². The van der Waals surface area contributed by atoms with Crippen LogP contribution in [0.25, 0.3) is 10.8 Å². The average molecular weight is 411 g/mol. The summed E-state index contributed by atoms with van der Waals surface area (Å²) < 4.78 is 0. The molecule has 0 aliphatic carbocycles. The lowest BCUT2D eigenvalue weighted by molar-refractivity contribution is -0.124. The van der Waals surface area contributed by atoms with E-state index in [1.807, 2.05) is 48.5 Å². The molecule has 5 nitrogen and oxygen atoms in total. The third-order valence-electron chi connectivity index (χ3n) is 5.27. The average Bonchev–Trinajstić information content (AvgIpc) is 2.79. The zero-order chi connectivity index (χ0) is 21.8. The Kier molecular flexibility index (Phi) is 5.78. The maximum Gasteiger partial charge on any atom is 0.335 e. The molecule has 0 bridgehead atoms. The minimum absolute atomic E-state index is 0.222. The summed E-state index contributed by atoms with van der Waals surface area (Å²) >= 11 is 0. The number of benzene rings is 4. The Hall–Kier alpha value is -3.96. The number of nitrogens with one attached hydrogen (secondary N) is 1. The quantitative estimate of drug-likeness (QED) is 0.425. The van der Waals surface area contributed by atoms with E-state index in [0.29, 0.717) is 23.2 Å². The van der Waals surface area contributed by atoms with Crippen molar-refractivity contribution in [2.24, 2.45) is 0 Å². The van der Waals surface area contributed by atoms with E-state index >= 15 is 0 Å². The lowest BCUT2D eigenvalue weighted by Gasteiger charge is -2.16. The van der Waals surface area contributed by atoms with E-state index in [-0.39, 0.29) is 5.56 Å². The van der Waals surface area contributed by atoms with Crippen LogP contribution < -0.4 is 5.32 Å². The normalized spacial score (nSPS) is 11.8. The topological polar surface area (TPSA) is 86.6 Å². The standard InChI is InChI=1S/C26H21NO4/c28-24(22-14-7-11-17-8-1-4-12-20(17)22)25(29)27-23-15-6-3-10-19(23)16-18-9-2-5-13-21(18)26(30)31/h1-15,24,28H,16H2,(H,27,29)(H,30,31). The van der Waals surface area contributed by atoms with Gasteiger partial charge in [-0.25, -0.2) is 4.79 Å². The number of carbonyl (C=O) groups excluding carboxylic acids is 1. The van der Waals surface area contributed by atoms with Gasteiger partial charge in [-0.2, -0.15) is 0 Å². The fraction of sp³-hybridized carbons (Fsp3) is 0.0769. The molecule has 5 heteroatoms. The van der Waals surface area contributed by atoms with Gasteiger partial charge < -0.3 is 15.5 Å². The Labute approximate surface area is 179 Å². The van der Waals surface area contributed by atoms with Gasteiger partial charge in [-0.15, -0.1) is 0 Å². The van der Waals surface area contributed by atoms with E-state index < -0.39 is 18.0 Å². The van der Waals surface area contributed by atoms with Crippen molar-refractivity contribution >= 4 is 28.3 Å². The highest BCUT2D eigenvalue weighted by Gasteiger charge is 2.21. The third kappa shape index (κ3) is 4.32. The molecule has 4 aromatic carbocycles. The summed E-state index contributed by atoms with van der Waals surface area (Å²) in [5, 5.41) is 24.8. The minimum Gasteiger partial charge on any atom is -0.478 e. The van der Waals surface area contributed by atoms with E-state index in [9.17, 15) is 19.8 Å². The summed E-state index contributed by atoms with van der Waals surface area (Å²) in [6.45, 7) is 0. The lowest BCUT2D eigenvalue weighted by Crippen LogP contribution is -2.21. The zero-order valence-electron chi connectivity index (χ0n) is 16.7. The van der Waals surface area contributed by atoms with Gasteiger partial charge in [0.05, 0.1) is 5.56 Å². The van der Waals surface area contributed by atoms with Crippen LogP contribution in [0, 0.1) is 0 Å². The number of rotatable bonds is 6. The molecule has 0 aliphatic heterocycles. The Bertz CT molecular complexity index is 1260. The molecule has 0 fully saturated rings. The van der Waals surface area contributed by atoms with E-state index in [0.717, 1.165) is 16.3 Å². The number of aromatic carboxylic acids is 1. The molecule has 0 spiro atoms. The van der Waals surface area contributed by atoms with E-state index in [4.69, 9.17) is 0 Å². The summed E-state index contributed by atoms with van der Waals surface area (Å²) in [6, 6.07) is 27.0. The second-order valence-corrected chi connectivity index (χ2v) is 7.26. The molecule has 4 aromatic rings. The van der Waals surface area contributed by atoms with Crippen molar-refractivity contribution in [3.05, 3.63) is 113 Å². The molecular formula is C26H21NO4. The molecule has 0 aromatic heterocycles. The number of hydrogen-bond acceptors (Lipinski definition) is 3. The minimum atomic E-state index is -1.34. The van der Waals surface area contributed by atoms with E-state index in [1.165, 1.54) is 0 Å². The second-order valence-electron chi connectivity index (χ2n) is 7.26. The summed E-state index contributed by atoms with van der Waals surface area (Å²) in [5.74, 6) is -1.54. The highest BCUT2D eigenvalue weighted by Crippen LogP contribution is 2.27. The van der Waals surface area contributed by atoms with Crippen LogP contribution in [-0.4, -0.2) is 22.1 Å². The molecule has 31 heavy (non-hydrogen) atoms. The molecule has 1 atom stereocenters. The van der Waals surface area contributed by atoms with Gasteiger partial charge in [0.15, 0.2) is 6.10 Å². The molecule has 1 amide bonds. The van der Waals surface area contributed by atoms with E-state index in [1.54, 1.807) is 42.5 Å². The van der Waals surface area contributed by atoms with Gasteiger partial charge in [0, 0.05) is 12.1 Å². The molecule has 0 radical (unpaired) electrons. The van der Waals surface area contributed by atoms with Crippen molar-refractivity contribution in [2.75, 3.05) is 5.32 Å². The molecular weight excluding hydrogens is 390 g/mol. The molecule has 1 unspecified atom stereocenters. The van der Waals surface area contributed by atoms with Crippen LogP contribution in [0.5, 0.6) is 0 Å². The first-order valence-corrected chi connectivity index (χ1v) is 9.90. The van der Waals surface area contributed by atoms with Crippen molar-refractivity contribution in [2.45, 2.75) is 12.5 Å². The predicted molar refractivity (Wildman–Crippen MR) is 120 cm³/mol. The van der Waals surface area contributed by atoms with Crippen molar-refractivity contribution in [3.63, 3.8) is 0 Å².